The first-order chi connectivity index (χ1) is 16.1. The number of benzene rings is 3. The van der Waals surface area contributed by atoms with Crippen LogP contribution < -0.4 is 5.32 Å². The van der Waals surface area contributed by atoms with Crippen LogP contribution in [0.15, 0.2) is 72.8 Å². The molecule has 0 radical (unpaired) electrons. The summed E-state index contributed by atoms with van der Waals surface area (Å²) in [5.74, 6) is 0.0946. The van der Waals surface area contributed by atoms with Gasteiger partial charge in [0.25, 0.3) is 0 Å². The minimum absolute atomic E-state index is 0.0946. The average Bonchev–Trinajstić information content (AvgIpc) is 3.20. The van der Waals surface area contributed by atoms with Crippen LogP contribution in [0.25, 0.3) is 0 Å². The fraction of sp³-hybridized carbons (Fsp3) is 0.296. The minimum atomic E-state index is -0.243. The zero-order valence-electron chi connectivity index (χ0n) is 18.3. The van der Waals surface area contributed by atoms with E-state index in [1.165, 1.54) is 11.1 Å². The number of hydrogen-bond acceptors (Lipinski definition) is 3. The van der Waals surface area contributed by atoms with Crippen molar-refractivity contribution >= 4 is 29.1 Å². The molecule has 170 valence electrons. The highest BCUT2D eigenvalue weighted by Crippen LogP contribution is 2.44. The second-order valence-electron chi connectivity index (χ2n) is 8.72. The van der Waals surface area contributed by atoms with E-state index in [-0.39, 0.29) is 24.1 Å². The smallest absolute Gasteiger partial charge is 0.236 e. The number of carbonyl (C=O) groups is 1. The van der Waals surface area contributed by atoms with E-state index >= 15 is 0 Å². The van der Waals surface area contributed by atoms with Crippen molar-refractivity contribution in [1.29, 1.82) is 0 Å². The van der Waals surface area contributed by atoms with Crippen LogP contribution in [0.1, 0.15) is 41.1 Å². The largest absolute Gasteiger partial charge is 0.365 e. The van der Waals surface area contributed by atoms with Gasteiger partial charge in [0.1, 0.15) is 0 Å². The molecule has 2 aliphatic rings. The molecule has 0 aromatic heterocycles. The summed E-state index contributed by atoms with van der Waals surface area (Å²) in [5, 5.41) is 4.46. The number of piperidine rings is 1. The van der Waals surface area contributed by atoms with Crippen LogP contribution in [0.5, 0.6) is 0 Å². The topological polar surface area (TPSA) is 41.6 Å². The van der Waals surface area contributed by atoms with Gasteiger partial charge in [-0.1, -0.05) is 83.9 Å². The Morgan fingerprint density at radius 2 is 1.67 bits per heavy atom. The van der Waals surface area contributed by atoms with Gasteiger partial charge in [-0.15, -0.1) is 0 Å². The Bertz CT molecular complexity index is 1140. The quantitative estimate of drug-likeness (QED) is 0.507. The summed E-state index contributed by atoms with van der Waals surface area (Å²) < 4.78 is 6.24. The molecule has 1 fully saturated rings. The first-order valence-electron chi connectivity index (χ1n) is 11.3. The summed E-state index contributed by atoms with van der Waals surface area (Å²) >= 11 is 12.4. The molecule has 1 atom stereocenters. The standard InChI is InChI=1S/C27H26Cl2N2O2/c28-23-11-10-20(16-24(23)29)26(19-6-2-1-3-7-19)30-17-25(32)31-14-12-27(13-15-31)22-9-5-4-8-21(22)18-33-27/h1-11,16,26,30H,12-15,17-18H2. The Labute approximate surface area is 204 Å². The van der Waals surface area contributed by atoms with Crippen molar-refractivity contribution < 1.29 is 9.53 Å². The van der Waals surface area contributed by atoms with Crippen molar-refractivity contribution in [2.24, 2.45) is 0 Å². The Morgan fingerprint density at radius 3 is 2.42 bits per heavy atom. The van der Waals surface area contributed by atoms with E-state index in [1.54, 1.807) is 6.07 Å². The second-order valence-corrected chi connectivity index (χ2v) is 9.53. The Morgan fingerprint density at radius 1 is 0.939 bits per heavy atom. The zero-order chi connectivity index (χ0) is 22.8. The van der Waals surface area contributed by atoms with Crippen LogP contribution in [0.2, 0.25) is 10.0 Å². The number of nitrogens with one attached hydrogen (secondary N) is 1. The van der Waals surface area contributed by atoms with Gasteiger partial charge in [0.15, 0.2) is 0 Å². The number of amides is 1. The van der Waals surface area contributed by atoms with Gasteiger partial charge in [-0.3, -0.25) is 10.1 Å². The molecule has 1 unspecified atom stereocenters. The molecule has 3 aromatic carbocycles. The van der Waals surface area contributed by atoms with Crippen LogP contribution in [-0.2, 0) is 21.7 Å². The van der Waals surface area contributed by atoms with Crippen molar-refractivity contribution in [3.63, 3.8) is 0 Å². The van der Waals surface area contributed by atoms with Crippen LogP contribution in [0, 0.1) is 0 Å². The van der Waals surface area contributed by atoms with E-state index < -0.39 is 0 Å². The molecule has 0 aliphatic carbocycles. The molecule has 33 heavy (non-hydrogen) atoms. The minimum Gasteiger partial charge on any atom is -0.365 e. The normalized spacial score (nSPS) is 17.7. The number of carbonyl (C=O) groups excluding carboxylic acids is 1. The predicted molar refractivity (Wildman–Crippen MR) is 131 cm³/mol. The van der Waals surface area contributed by atoms with Crippen LogP contribution in [0.4, 0.5) is 0 Å². The summed E-state index contributed by atoms with van der Waals surface area (Å²) in [6, 6.07) is 23.9. The fourth-order valence-corrected chi connectivity index (χ4v) is 5.29. The van der Waals surface area contributed by atoms with Crippen LogP contribution in [-0.4, -0.2) is 30.4 Å². The van der Waals surface area contributed by atoms with Crippen molar-refractivity contribution in [2.45, 2.75) is 31.1 Å². The molecule has 3 aromatic rings. The van der Waals surface area contributed by atoms with Gasteiger partial charge in [-0.2, -0.15) is 0 Å². The number of rotatable bonds is 5. The van der Waals surface area contributed by atoms with Gasteiger partial charge in [0, 0.05) is 13.1 Å². The van der Waals surface area contributed by atoms with E-state index in [9.17, 15) is 4.79 Å². The summed E-state index contributed by atoms with van der Waals surface area (Å²) in [6.07, 6.45) is 1.65. The van der Waals surface area contributed by atoms with Crippen LogP contribution in [0.3, 0.4) is 0 Å². The highest BCUT2D eigenvalue weighted by Gasteiger charge is 2.43. The molecule has 5 rings (SSSR count). The van der Waals surface area contributed by atoms with Gasteiger partial charge in [-0.25, -0.2) is 0 Å². The highest BCUT2D eigenvalue weighted by molar-refractivity contribution is 6.42. The van der Waals surface area contributed by atoms with Crippen molar-refractivity contribution in [3.8, 4) is 0 Å². The number of likely N-dealkylation sites (tertiary alicyclic amines) is 1. The molecule has 2 aliphatic heterocycles. The maximum atomic E-state index is 13.1. The lowest BCUT2D eigenvalue weighted by Crippen LogP contribution is -2.48. The lowest BCUT2D eigenvalue weighted by atomic mass is 9.84. The van der Waals surface area contributed by atoms with Gasteiger partial charge in [0.2, 0.25) is 5.91 Å². The van der Waals surface area contributed by atoms with E-state index in [4.69, 9.17) is 27.9 Å². The third kappa shape index (κ3) is 4.53. The first-order valence-corrected chi connectivity index (χ1v) is 12.0. The Hall–Kier alpha value is -2.37. The summed E-state index contributed by atoms with van der Waals surface area (Å²) in [5.41, 5.74) is 4.35. The number of hydrogen-bond donors (Lipinski definition) is 1. The number of ether oxygens (including phenoxy) is 1. The third-order valence-corrected chi connectivity index (χ3v) is 7.54. The molecule has 0 saturated carbocycles. The fourth-order valence-electron chi connectivity index (χ4n) is 4.98. The summed E-state index contributed by atoms with van der Waals surface area (Å²) in [6.45, 7) is 2.29. The predicted octanol–water partition coefficient (Wildman–Crippen LogP) is 5.72. The Balaban J connectivity index is 1.26. The lowest BCUT2D eigenvalue weighted by molar-refractivity contribution is -0.137. The molecule has 0 bridgehead atoms. The molecular weight excluding hydrogens is 455 g/mol. The summed E-state index contributed by atoms with van der Waals surface area (Å²) in [7, 11) is 0. The van der Waals surface area contributed by atoms with Gasteiger partial charge in [0.05, 0.1) is 34.8 Å². The van der Waals surface area contributed by atoms with E-state index in [2.05, 4.69) is 29.6 Å². The molecule has 4 nitrogen and oxygen atoms in total. The van der Waals surface area contributed by atoms with Gasteiger partial charge in [-0.05, 0) is 47.2 Å². The number of fused-ring (bicyclic) bond motifs is 2. The molecule has 2 heterocycles. The first kappa shape index (κ1) is 22.4. The molecule has 1 spiro atoms. The third-order valence-electron chi connectivity index (χ3n) is 6.80. The number of halogens is 2. The lowest BCUT2D eigenvalue weighted by Gasteiger charge is -2.39. The SMILES string of the molecule is O=C(CNC(c1ccccc1)c1ccc(Cl)c(Cl)c1)N1CCC2(CC1)OCc1ccccc12. The van der Waals surface area contributed by atoms with Crippen molar-refractivity contribution in [3.05, 3.63) is 105 Å². The summed E-state index contributed by atoms with van der Waals surface area (Å²) in [4.78, 5) is 15.1. The van der Waals surface area contributed by atoms with E-state index in [0.717, 1.165) is 24.0 Å². The van der Waals surface area contributed by atoms with Crippen molar-refractivity contribution in [1.82, 2.24) is 10.2 Å². The maximum absolute atomic E-state index is 13.1. The maximum Gasteiger partial charge on any atom is 0.236 e. The highest BCUT2D eigenvalue weighted by atomic mass is 35.5. The molecule has 6 heteroatoms. The molecule has 1 saturated heterocycles. The van der Waals surface area contributed by atoms with E-state index in [0.29, 0.717) is 29.7 Å². The monoisotopic (exact) mass is 480 g/mol. The van der Waals surface area contributed by atoms with E-state index in [1.807, 2.05) is 47.4 Å². The zero-order valence-corrected chi connectivity index (χ0v) is 19.8. The second kappa shape index (κ2) is 9.47. The van der Waals surface area contributed by atoms with Gasteiger partial charge < -0.3 is 9.64 Å². The van der Waals surface area contributed by atoms with Crippen LogP contribution >= 0.6 is 23.2 Å². The van der Waals surface area contributed by atoms with Gasteiger partial charge >= 0.3 is 0 Å². The molecule has 1 N–H and O–H groups in total. The average molecular weight is 481 g/mol. The number of nitrogens with zero attached hydrogens (tertiary/aromatic N) is 1. The van der Waals surface area contributed by atoms with Crippen molar-refractivity contribution in [2.75, 3.05) is 19.6 Å². The molecular formula is C27H26Cl2N2O2. The molecule has 1 amide bonds. The Kier molecular flexibility index (Phi) is 6.44.